The topological polar surface area (TPSA) is 12.0 Å². The number of benzene rings is 1. The summed E-state index contributed by atoms with van der Waals surface area (Å²) in [4.78, 5) is 0. The predicted molar refractivity (Wildman–Crippen MR) is 88.7 cm³/mol. The van der Waals surface area contributed by atoms with Gasteiger partial charge in [-0.25, -0.2) is 0 Å². The van der Waals surface area contributed by atoms with Crippen LogP contribution in [0.2, 0.25) is 10.0 Å². The molecule has 0 heterocycles. The van der Waals surface area contributed by atoms with Crippen LogP contribution in [-0.4, -0.2) is 6.04 Å². The number of hydrogen-bond acceptors (Lipinski definition) is 1. The van der Waals surface area contributed by atoms with Crippen LogP contribution in [0.4, 0.5) is 0 Å². The molecular weight excluding hydrogens is 289 g/mol. The average molecular weight is 314 g/mol. The van der Waals surface area contributed by atoms with E-state index in [0.717, 1.165) is 6.42 Å². The maximum atomic E-state index is 6.14. The van der Waals surface area contributed by atoms with Gasteiger partial charge in [-0.05, 0) is 48.8 Å². The van der Waals surface area contributed by atoms with E-state index in [1.165, 1.54) is 31.2 Å². The van der Waals surface area contributed by atoms with Crippen molar-refractivity contribution in [1.29, 1.82) is 0 Å². The van der Waals surface area contributed by atoms with Gasteiger partial charge in [-0.3, -0.25) is 0 Å². The Kier molecular flexibility index (Phi) is 5.39. The van der Waals surface area contributed by atoms with Crippen molar-refractivity contribution >= 4 is 23.2 Å². The molecule has 3 heteroatoms. The van der Waals surface area contributed by atoms with Gasteiger partial charge >= 0.3 is 0 Å². The van der Waals surface area contributed by atoms with Gasteiger partial charge in [0.25, 0.3) is 0 Å². The largest absolute Gasteiger partial charge is 0.307 e. The van der Waals surface area contributed by atoms with Gasteiger partial charge in [-0.1, -0.05) is 56.5 Å². The lowest BCUT2D eigenvalue weighted by atomic mass is 9.75. The number of hydrogen-bond donors (Lipinski definition) is 1. The highest BCUT2D eigenvalue weighted by Gasteiger charge is 2.29. The van der Waals surface area contributed by atoms with E-state index in [-0.39, 0.29) is 0 Å². The van der Waals surface area contributed by atoms with Crippen LogP contribution in [0.1, 0.15) is 64.5 Å². The molecule has 1 aliphatic carbocycles. The Morgan fingerprint density at radius 2 is 2.05 bits per heavy atom. The fourth-order valence-electron chi connectivity index (χ4n) is 3.30. The summed E-state index contributed by atoms with van der Waals surface area (Å²) in [7, 11) is 0. The van der Waals surface area contributed by atoms with E-state index in [9.17, 15) is 0 Å². The smallest absolute Gasteiger partial charge is 0.0595 e. The minimum Gasteiger partial charge on any atom is -0.307 e. The Morgan fingerprint density at radius 3 is 2.65 bits per heavy atom. The standard InChI is InChI=1S/C17H25Cl2N/c1-4-16(12-7-8-14(18)15(19)10-12)20-13-6-5-9-17(2,3)11-13/h7-8,10,13,16,20H,4-6,9,11H2,1-3H3. The van der Waals surface area contributed by atoms with Crippen LogP contribution in [0, 0.1) is 5.41 Å². The predicted octanol–water partition coefficient (Wildman–Crippen LogP) is 6.00. The summed E-state index contributed by atoms with van der Waals surface area (Å²) >= 11 is 12.1. The Labute approximate surface area is 133 Å². The Hall–Kier alpha value is -0.240. The zero-order valence-corrected chi connectivity index (χ0v) is 14.2. The van der Waals surface area contributed by atoms with Gasteiger partial charge in [0.15, 0.2) is 0 Å². The van der Waals surface area contributed by atoms with Crippen molar-refractivity contribution in [2.45, 2.75) is 65.0 Å². The molecule has 1 N–H and O–H groups in total. The molecule has 2 unspecified atom stereocenters. The lowest BCUT2D eigenvalue weighted by Gasteiger charge is -2.37. The highest BCUT2D eigenvalue weighted by Crippen LogP contribution is 2.36. The molecular formula is C17H25Cl2N. The van der Waals surface area contributed by atoms with Crippen LogP contribution >= 0.6 is 23.2 Å². The lowest BCUT2D eigenvalue weighted by Crippen LogP contribution is -2.39. The number of nitrogens with one attached hydrogen (secondary N) is 1. The van der Waals surface area contributed by atoms with Gasteiger partial charge in [0.05, 0.1) is 10.0 Å². The molecule has 0 bridgehead atoms. The highest BCUT2D eigenvalue weighted by molar-refractivity contribution is 6.42. The van der Waals surface area contributed by atoms with E-state index in [0.29, 0.717) is 27.5 Å². The van der Waals surface area contributed by atoms with Crippen molar-refractivity contribution < 1.29 is 0 Å². The fraction of sp³-hybridized carbons (Fsp3) is 0.647. The van der Waals surface area contributed by atoms with E-state index >= 15 is 0 Å². The van der Waals surface area contributed by atoms with Gasteiger partial charge in [0, 0.05) is 12.1 Å². The summed E-state index contributed by atoms with van der Waals surface area (Å²) in [5.41, 5.74) is 1.71. The summed E-state index contributed by atoms with van der Waals surface area (Å²) in [5.74, 6) is 0. The maximum Gasteiger partial charge on any atom is 0.0595 e. The van der Waals surface area contributed by atoms with Crippen molar-refractivity contribution in [3.05, 3.63) is 33.8 Å². The second kappa shape index (κ2) is 6.68. The first-order valence-electron chi connectivity index (χ1n) is 7.62. The first-order chi connectivity index (χ1) is 9.41. The third-order valence-electron chi connectivity index (χ3n) is 4.40. The zero-order chi connectivity index (χ0) is 14.8. The molecule has 0 aliphatic heterocycles. The molecule has 0 saturated heterocycles. The fourth-order valence-corrected chi connectivity index (χ4v) is 3.61. The molecule has 1 saturated carbocycles. The van der Waals surface area contributed by atoms with Crippen molar-refractivity contribution in [3.8, 4) is 0 Å². The molecule has 1 aliphatic rings. The van der Waals surface area contributed by atoms with E-state index in [2.05, 4.69) is 32.2 Å². The van der Waals surface area contributed by atoms with Crippen LogP contribution < -0.4 is 5.32 Å². The number of halogens is 2. The summed E-state index contributed by atoms with van der Waals surface area (Å²) in [6, 6.07) is 6.96. The molecule has 0 spiro atoms. The quantitative estimate of drug-likeness (QED) is 0.718. The highest BCUT2D eigenvalue weighted by atomic mass is 35.5. The third kappa shape index (κ3) is 4.13. The molecule has 0 radical (unpaired) electrons. The Balaban J connectivity index is 2.06. The first kappa shape index (κ1) is 16.1. The molecule has 0 amide bonds. The van der Waals surface area contributed by atoms with Gasteiger partial charge in [0.1, 0.15) is 0 Å². The summed E-state index contributed by atoms with van der Waals surface area (Å²) in [5, 5.41) is 5.10. The molecule has 1 aromatic carbocycles. The minimum absolute atomic E-state index is 0.365. The monoisotopic (exact) mass is 313 g/mol. The molecule has 112 valence electrons. The number of rotatable bonds is 4. The van der Waals surface area contributed by atoms with Crippen LogP contribution in [0.15, 0.2) is 18.2 Å². The van der Waals surface area contributed by atoms with Crippen molar-refractivity contribution in [3.63, 3.8) is 0 Å². The van der Waals surface area contributed by atoms with E-state index in [1.807, 2.05) is 12.1 Å². The van der Waals surface area contributed by atoms with Crippen LogP contribution in [0.5, 0.6) is 0 Å². The average Bonchev–Trinajstić information content (AvgIpc) is 2.38. The maximum absolute atomic E-state index is 6.14. The second-order valence-electron chi connectivity index (χ2n) is 6.76. The molecule has 1 aromatic rings. The van der Waals surface area contributed by atoms with E-state index in [1.54, 1.807) is 0 Å². The summed E-state index contributed by atoms with van der Waals surface area (Å²) in [6.07, 6.45) is 6.26. The van der Waals surface area contributed by atoms with Crippen LogP contribution in [-0.2, 0) is 0 Å². The summed E-state index contributed by atoms with van der Waals surface area (Å²) in [6.45, 7) is 6.97. The Bertz CT molecular complexity index is 456. The SMILES string of the molecule is CCC(NC1CCCC(C)(C)C1)c1ccc(Cl)c(Cl)c1. The van der Waals surface area contributed by atoms with Crippen LogP contribution in [0.3, 0.4) is 0 Å². The zero-order valence-electron chi connectivity index (χ0n) is 12.7. The molecule has 0 aromatic heterocycles. The van der Waals surface area contributed by atoms with Gasteiger partial charge < -0.3 is 5.32 Å². The van der Waals surface area contributed by atoms with E-state index < -0.39 is 0 Å². The van der Waals surface area contributed by atoms with Crippen molar-refractivity contribution in [1.82, 2.24) is 5.32 Å². The third-order valence-corrected chi connectivity index (χ3v) is 5.14. The van der Waals surface area contributed by atoms with E-state index in [4.69, 9.17) is 23.2 Å². The van der Waals surface area contributed by atoms with Crippen molar-refractivity contribution in [2.75, 3.05) is 0 Å². The van der Waals surface area contributed by atoms with Gasteiger partial charge in [-0.2, -0.15) is 0 Å². The first-order valence-corrected chi connectivity index (χ1v) is 8.38. The van der Waals surface area contributed by atoms with Crippen LogP contribution in [0.25, 0.3) is 0 Å². The second-order valence-corrected chi connectivity index (χ2v) is 7.57. The molecule has 1 nitrogen and oxygen atoms in total. The van der Waals surface area contributed by atoms with Crippen molar-refractivity contribution in [2.24, 2.45) is 5.41 Å². The van der Waals surface area contributed by atoms with Gasteiger partial charge in [0.2, 0.25) is 0 Å². The molecule has 20 heavy (non-hydrogen) atoms. The Morgan fingerprint density at radius 1 is 1.30 bits per heavy atom. The lowest BCUT2D eigenvalue weighted by molar-refractivity contribution is 0.188. The summed E-state index contributed by atoms with van der Waals surface area (Å²) < 4.78 is 0. The molecule has 2 atom stereocenters. The normalized spacial score (nSPS) is 23.6. The molecule has 2 rings (SSSR count). The minimum atomic E-state index is 0.365. The van der Waals surface area contributed by atoms with Gasteiger partial charge in [-0.15, -0.1) is 0 Å². The molecule has 1 fully saturated rings.